The van der Waals surface area contributed by atoms with Gasteiger partial charge in [-0.2, -0.15) is 4.31 Å². The summed E-state index contributed by atoms with van der Waals surface area (Å²) < 4.78 is 24.3. The average molecular weight is 236 g/mol. The Morgan fingerprint density at radius 2 is 1.80 bits per heavy atom. The lowest BCUT2D eigenvalue weighted by Gasteiger charge is -2.32. The summed E-state index contributed by atoms with van der Waals surface area (Å²) in [6, 6.07) is 0. The monoisotopic (exact) mass is 236 g/mol. The van der Waals surface area contributed by atoms with E-state index in [1.54, 1.807) is 0 Å². The van der Waals surface area contributed by atoms with Crippen LogP contribution in [0, 0.1) is 0 Å². The maximum absolute atomic E-state index is 11.5. The van der Waals surface area contributed by atoms with Gasteiger partial charge in [-0.05, 0) is 6.54 Å². The fraction of sp³-hybridized carbons (Fsp3) is 0.875. The van der Waals surface area contributed by atoms with Gasteiger partial charge < -0.3 is 10.0 Å². The molecule has 7 heteroatoms. The molecule has 15 heavy (non-hydrogen) atoms. The summed E-state index contributed by atoms with van der Waals surface area (Å²) >= 11 is 0. The van der Waals surface area contributed by atoms with Gasteiger partial charge in [0, 0.05) is 26.2 Å². The number of carbonyl (C=O) groups is 1. The second-order valence-electron chi connectivity index (χ2n) is 3.48. The first kappa shape index (κ1) is 12.4. The molecule has 1 heterocycles. The van der Waals surface area contributed by atoms with Crippen LogP contribution in [0.3, 0.4) is 0 Å². The topological polar surface area (TPSA) is 77.9 Å². The summed E-state index contributed by atoms with van der Waals surface area (Å²) in [5.41, 5.74) is 0. The van der Waals surface area contributed by atoms with Gasteiger partial charge in [0.15, 0.2) is 5.75 Å². The molecule has 0 aromatic rings. The Morgan fingerprint density at radius 3 is 2.20 bits per heavy atom. The lowest BCUT2D eigenvalue weighted by molar-refractivity contribution is -0.134. The van der Waals surface area contributed by atoms with Gasteiger partial charge in [-0.25, -0.2) is 8.42 Å². The molecule has 0 atom stereocenters. The number of piperazine rings is 1. The summed E-state index contributed by atoms with van der Waals surface area (Å²) in [6.07, 6.45) is 0. The number of rotatable bonds is 4. The molecule has 0 aromatic carbocycles. The minimum atomic E-state index is -3.61. The van der Waals surface area contributed by atoms with Gasteiger partial charge in [0.2, 0.25) is 10.0 Å². The Hall–Kier alpha value is -0.660. The quantitative estimate of drug-likeness (QED) is 0.680. The molecule has 1 aliphatic rings. The second kappa shape index (κ2) is 4.91. The molecule has 0 saturated carbocycles. The number of sulfonamides is 1. The Labute approximate surface area is 89.5 Å². The highest BCUT2D eigenvalue weighted by molar-refractivity contribution is 7.89. The van der Waals surface area contributed by atoms with Gasteiger partial charge in [-0.15, -0.1) is 0 Å². The molecular weight excluding hydrogens is 220 g/mol. The molecule has 1 saturated heterocycles. The maximum Gasteiger partial charge on any atom is 0.320 e. The van der Waals surface area contributed by atoms with Gasteiger partial charge >= 0.3 is 5.97 Å². The van der Waals surface area contributed by atoms with Crippen molar-refractivity contribution in [3.05, 3.63) is 0 Å². The highest BCUT2D eigenvalue weighted by atomic mass is 32.2. The highest BCUT2D eigenvalue weighted by Gasteiger charge is 2.28. The fourth-order valence-corrected chi connectivity index (χ4v) is 2.79. The smallest absolute Gasteiger partial charge is 0.320 e. The van der Waals surface area contributed by atoms with Crippen molar-refractivity contribution in [1.29, 1.82) is 0 Å². The SMILES string of the molecule is CCN1CCN(S(=O)(=O)CC(=O)O)CC1. The zero-order valence-corrected chi connectivity index (χ0v) is 9.53. The number of likely N-dealkylation sites (N-methyl/N-ethyl adjacent to an activating group) is 1. The number of aliphatic carboxylic acids is 1. The van der Waals surface area contributed by atoms with E-state index >= 15 is 0 Å². The Balaban J connectivity index is 2.56. The molecule has 0 bridgehead atoms. The average Bonchev–Trinajstić information content (AvgIpc) is 2.16. The normalized spacial score (nSPS) is 20.3. The van der Waals surface area contributed by atoms with Crippen LogP contribution in [-0.2, 0) is 14.8 Å². The van der Waals surface area contributed by atoms with E-state index < -0.39 is 21.7 Å². The van der Waals surface area contributed by atoms with E-state index in [2.05, 4.69) is 4.90 Å². The molecule has 0 spiro atoms. The maximum atomic E-state index is 11.5. The molecule has 1 rings (SSSR count). The van der Waals surface area contributed by atoms with Crippen molar-refractivity contribution in [2.75, 3.05) is 38.5 Å². The van der Waals surface area contributed by atoms with Crippen LogP contribution in [0.25, 0.3) is 0 Å². The van der Waals surface area contributed by atoms with Crippen LogP contribution in [-0.4, -0.2) is 67.2 Å². The molecule has 0 aliphatic carbocycles. The number of carboxylic acids is 1. The summed E-state index contributed by atoms with van der Waals surface area (Å²) in [5.74, 6) is -2.10. The van der Waals surface area contributed by atoms with E-state index in [9.17, 15) is 13.2 Å². The molecular formula is C8H16N2O4S. The third-order valence-corrected chi connectivity index (χ3v) is 4.24. The van der Waals surface area contributed by atoms with Crippen LogP contribution in [0.4, 0.5) is 0 Å². The van der Waals surface area contributed by atoms with Crippen molar-refractivity contribution < 1.29 is 18.3 Å². The first-order valence-corrected chi connectivity index (χ1v) is 6.48. The predicted molar refractivity (Wildman–Crippen MR) is 55.1 cm³/mol. The number of carboxylic acid groups (broad SMARTS) is 1. The van der Waals surface area contributed by atoms with Crippen molar-refractivity contribution >= 4 is 16.0 Å². The van der Waals surface area contributed by atoms with Crippen LogP contribution in [0.1, 0.15) is 6.92 Å². The summed E-state index contributed by atoms with van der Waals surface area (Å²) in [5, 5.41) is 8.46. The molecule has 1 N–H and O–H groups in total. The van der Waals surface area contributed by atoms with Gasteiger partial charge in [0.25, 0.3) is 0 Å². The molecule has 0 radical (unpaired) electrons. The van der Waals surface area contributed by atoms with E-state index in [0.29, 0.717) is 26.2 Å². The van der Waals surface area contributed by atoms with E-state index in [-0.39, 0.29) is 0 Å². The van der Waals surface area contributed by atoms with E-state index in [4.69, 9.17) is 5.11 Å². The molecule has 0 unspecified atom stereocenters. The number of hydrogen-bond donors (Lipinski definition) is 1. The first-order valence-electron chi connectivity index (χ1n) is 4.87. The molecule has 0 amide bonds. The lowest BCUT2D eigenvalue weighted by atomic mass is 10.4. The largest absolute Gasteiger partial charge is 0.480 e. The highest BCUT2D eigenvalue weighted by Crippen LogP contribution is 2.07. The minimum absolute atomic E-state index is 0.392. The lowest BCUT2D eigenvalue weighted by Crippen LogP contribution is -2.49. The van der Waals surface area contributed by atoms with E-state index in [1.807, 2.05) is 6.92 Å². The first-order chi connectivity index (χ1) is 6.95. The molecule has 1 aliphatic heterocycles. The number of nitrogens with zero attached hydrogens (tertiary/aromatic N) is 2. The van der Waals surface area contributed by atoms with Crippen LogP contribution in [0.2, 0.25) is 0 Å². The van der Waals surface area contributed by atoms with Crippen LogP contribution >= 0.6 is 0 Å². The van der Waals surface area contributed by atoms with Crippen molar-refractivity contribution in [3.8, 4) is 0 Å². The van der Waals surface area contributed by atoms with Crippen molar-refractivity contribution in [3.63, 3.8) is 0 Å². The van der Waals surface area contributed by atoms with Crippen molar-refractivity contribution in [2.45, 2.75) is 6.92 Å². The van der Waals surface area contributed by atoms with Gasteiger partial charge in [-0.1, -0.05) is 6.92 Å². The summed E-state index contributed by atoms with van der Waals surface area (Å²) in [6.45, 7) is 5.05. The predicted octanol–water partition coefficient (Wildman–Crippen LogP) is -0.962. The van der Waals surface area contributed by atoms with Gasteiger partial charge in [0.05, 0.1) is 0 Å². The number of hydrogen-bond acceptors (Lipinski definition) is 4. The van der Waals surface area contributed by atoms with E-state index in [0.717, 1.165) is 6.54 Å². The zero-order valence-electron chi connectivity index (χ0n) is 8.72. The molecule has 88 valence electrons. The van der Waals surface area contributed by atoms with E-state index in [1.165, 1.54) is 4.31 Å². The van der Waals surface area contributed by atoms with Crippen LogP contribution < -0.4 is 0 Å². The van der Waals surface area contributed by atoms with Crippen molar-refractivity contribution in [1.82, 2.24) is 9.21 Å². The third-order valence-electron chi connectivity index (χ3n) is 2.48. The van der Waals surface area contributed by atoms with Crippen LogP contribution in [0.5, 0.6) is 0 Å². The Bertz CT molecular complexity index is 320. The van der Waals surface area contributed by atoms with Crippen LogP contribution in [0.15, 0.2) is 0 Å². The van der Waals surface area contributed by atoms with Gasteiger partial charge in [-0.3, -0.25) is 4.79 Å². The summed E-state index contributed by atoms with van der Waals surface area (Å²) in [7, 11) is -3.61. The molecule has 1 fully saturated rings. The van der Waals surface area contributed by atoms with Gasteiger partial charge in [0.1, 0.15) is 0 Å². The standard InChI is InChI=1S/C8H16N2O4S/c1-2-9-3-5-10(6-4-9)15(13,14)7-8(11)12/h2-7H2,1H3,(H,11,12). The molecule has 6 nitrogen and oxygen atoms in total. The zero-order chi connectivity index (χ0) is 11.5. The molecule has 0 aromatic heterocycles. The Morgan fingerprint density at radius 1 is 1.27 bits per heavy atom. The minimum Gasteiger partial charge on any atom is -0.480 e. The Kier molecular flexibility index (Phi) is 4.06. The fourth-order valence-electron chi connectivity index (χ4n) is 1.57. The third kappa shape index (κ3) is 3.44. The second-order valence-corrected chi connectivity index (χ2v) is 5.45. The van der Waals surface area contributed by atoms with Crippen molar-refractivity contribution in [2.24, 2.45) is 0 Å². The summed E-state index contributed by atoms with van der Waals surface area (Å²) in [4.78, 5) is 12.5.